The van der Waals surface area contributed by atoms with Gasteiger partial charge in [0.05, 0.1) is 14.6 Å². The molecule has 0 bridgehead atoms. The van der Waals surface area contributed by atoms with Crippen LogP contribution in [0.4, 0.5) is 10.3 Å². The minimum Gasteiger partial charge on any atom is -0.369 e. The van der Waals surface area contributed by atoms with Gasteiger partial charge in [0.15, 0.2) is 0 Å². The van der Waals surface area contributed by atoms with Crippen molar-refractivity contribution >= 4 is 39.6 Å². The summed E-state index contributed by atoms with van der Waals surface area (Å²) in [5, 5.41) is 0. The van der Waals surface area contributed by atoms with Crippen molar-refractivity contribution in [1.29, 1.82) is 0 Å². The predicted octanol–water partition coefficient (Wildman–Crippen LogP) is 3.26. The van der Waals surface area contributed by atoms with Crippen LogP contribution < -0.4 is 5.73 Å². The van der Waals surface area contributed by atoms with Gasteiger partial charge in [-0.15, -0.1) is 0 Å². The fraction of sp³-hybridized carbons (Fsp3) is 0.417. The van der Waals surface area contributed by atoms with Gasteiger partial charge in [-0.1, -0.05) is 0 Å². The van der Waals surface area contributed by atoms with Gasteiger partial charge in [-0.05, 0) is 54.8 Å². The average molecular weight is 345 g/mol. The van der Waals surface area contributed by atoms with E-state index in [9.17, 15) is 4.39 Å². The Balaban J connectivity index is 2.30. The van der Waals surface area contributed by atoms with E-state index in [1.54, 1.807) is 12.1 Å². The monoisotopic (exact) mass is 345 g/mol. The molecule has 3 rings (SSSR count). The van der Waals surface area contributed by atoms with Gasteiger partial charge in [0, 0.05) is 11.6 Å². The molecule has 1 fully saturated rings. The number of aromatic nitrogens is 2. The lowest BCUT2D eigenvalue weighted by Crippen LogP contribution is -2.37. The summed E-state index contributed by atoms with van der Waals surface area (Å²) < 4.78 is 16.2. The first-order valence-corrected chi connectivity index (χ1v) is 6.73. The molecule has 90 valence electrons. The van der Waals surface area contributed by atoms with Crippen molar-refractivity contribution in [3.8, 4) is 0 Å². The Kier molecular flexibility index (Phi) is 2.36. The molecule has 0 unspecified atom stereocenters. The summed E-state index contributed by atoms with van der Waals surface area (Å²) in [6.07, 6.45) is 3.36. The third-order valence-corrected chi connectivity index (χ3v) is 4.52. The van der Waals surface area contributed by atoms with E-state index in [1.807, 2.05) is 27.2 Å². The van der Waals surface area contributed by atoms with Gasteiger partial charge in [0.25, 0.3) is 0 Å². The number of rotatable bonds is 1. The van der Waals surface area contributed by atoms with Crippen LogP contribution in [0.3, 0.4) is 0 Å². The fourth-order valence-electron chi connectivity index (χ4n) is 2.57. The third-order valence-electron chi connectivity index (χ3n) is 3.69. The topological polar surface area (TPSA) is 43.8 Å². The first-order chi connectivity index (χ1) is 8.01. The highest BCUT2D eigenvalue weighted by Crippen LogP contribution is 2.42. The number of fused-ring (bicyclic) bond motifs is 1. The van der Waals surface area contributed by atoms with E-state index in [4.69, 9.17) is 5.73 Å². The normalized spacial score (nSPS) is 18.3. The minimum absolute atomic E-state index is 0.0120. The molecule has 1 aromatic heterocycles. The summed E-state index contributed by atoms with van der Waals surface area (Å²) in [6, 6.07) is 3.30. The largest absolute Gasteiger partial charge is 0.369 e. The molecule has 2 aromatic rings. The molecule has 1 saturated carbocycles. The smallest absolute Gasteiger partial charge is 0.201 e. The number of imidazole rings is 1. The van der Waals surface area contributed by atoms with E-state index in [0.29, 0.717) is 9.52 Å². The van der Waals surface area contributed by atoms with E-state index in [1.165, 1.54) is 6.42 Å². The maximum absolute atomic E-state index is 13.7. The summed E-state index contributed by atoms with van der Waals surface area (Å²) >= 11 is 1.97. The number of hydrogen-bond acceptors (Lipinski definition) is 2. The Bertz CT molecular complexity index is 601. The van der Waals surface area contributed by atoms with Crippen LogP contribution in [0.2, 0.25) is 0 Å². The van der Waals surface area contributed by atoms with Crippen molar-refractivity contribution in [3.63, 3.8) is 0 Å². The van der Waals surface area contributed by atoms with Gasteiger partial charge in [0.2, 0.25) is 5.95 Å². The summed E-state index contributed by atoms with van der Waals surface area (Å²) in [5.74, 6) is 0.283. The number of nitrogen functional groups attached to an aromatic ring is 1. The van der Waals surface area contributed by atoms with Crippen molar-refractivity contribution in [1.82, 2.24) is 9.55 Å². The summed E-state index contributed by atoms with van der Waals surface area (Å²) in [7, 11) is 0. The molecular formula is C12H13FIN3. The van der Waals surface area contributed by atoms with Crippen molar-refractivity contribution in [2.45, 2.75) is 31.7 Å². The van der Waals surface area contributed by atoms with E-state index in [0.717, 1.165) is 23.9 Å². The van der Waals surface area contributed by atoms with Crippen LogP contribution in [0.1, 0.15) is 26.2 Å². The first kappa shape index (κ1) is 11.3. The lowest BCUT2D eigenvalue weighted by Gasteiger charge is -2.40. The standard InChI is InChI=1S/C12H13FIN3/c1-12(3-2-4-12)17-10-5-7(13)8(14)6-9(10)16-11(17)15/h5-6H,2-4H2,1H3,(H2,15,16). The molecule has 5 heteroatoms. The molecule has 2 N–H and O–H groups in total. The van der Waals surface area contributed by atoms with Gasteiger partial charge >= 0.3 is 0 Å². The van der Waals surface area contributed by atoms with Crippen molar-refractivity contribution in [2.24, 2.45) is 0 Å². The number of nitrogens with zero attached hydrogens (tertiary/aromatic N) is 2. The van der Waals surface area contributed by atoms with Gasteiger partial charge in [-0.25, -0.2) is 9.37 Å². The van der Waals surface area contributed by atoms with Crippen LogP contribution in [-0.2, 0) is 5.54 Å². The molecular weight excluding hydrogens is 332 g/mol. The Hall–Kier alpha value is -0.850. The molecule has 0 saturated heterocycles. The van der Waals surface area contributed by atoms with Gasteiger partial charge in [0.1, 0.15) is 5.82 Å². The highest BCUT2D eigenvalue weighted by molar-refractivity contribution is 14.1. The average Bonchev–Trinajstić information content (AvgIpc) is 2.52. The lowest BCUT2D eigenvalue weighted by molar-refractivity contribution is 0.177. The Morgan fingerprint density at radius 2 is 2.18 bits per heavy atom. The SMILES string of the molecule is CC1(n2c(N)nc3cc(I)c(F)cc32)CCC1. The number of hydrogen-bond donors (Lipinski definition) is 1. The zero-order valence-corrected chi connectivity index (χ0v) is 11.7. The van der Waals surface area contributed by atoms with E-state index in [-0.39, 0.29) is 11.4 Å². The Morgan fingerprint density at radius 1 is 1.47 bits per heavy atom. The highest BCUT2D eigenvalue weighted by atomic mass is 127. The van der Waals surface area contributed by atoms with E-state index < -0.39 is 0 Å². The Labute approximate surface area is 112 Å². The molecule has 0 atom stereocenters. The summed E-state index contributed by atoms with van der Waals surface area (Å²) in [5.41, 5.74) is 7.58. The second-order valence-corrected chi connectivity index (χ2v) is 6.07. The quantitative estimate of drug-likeness (QED) is 0.807. The molecule has 1 aliphatic carbocycles. The van der Waals surface area contributed by atoms with Crippen molar-refractivity contribution in [2.75, 3.05) is 5.73 Å². The molecule has 0 aliphatic heterocycles. The number of halogens is 2. The van der Waals surface area contributed by atoms with Crippen LogP contribution in [-0.4, -0.2) is 9.55 Å². The molecule has 17 heavy (non-hydrogen) atoms. The van der Waals surface area contributed by atoms with Gasteiger partial charge < -0.3 is 10.3 Å². The molecule has 0 radical (unpaired) electrons. The zero-order chi connectivity index (χ0) is 12.2. The Morgan fingerprint density at radius 3 is 2.76 bits per heavy atom. The van der Waals surface area contributed by atoms with Crippen molar-refractivity contribution in [3.05, 3.63) is 21.5 Å². The predicted molar refractivity (Wildman–Crippen MR) is 74.3 cm³/mol. The first-order valence-electron chi connectivity index (χ1n) is 5.65. The maximum atomic E-state index is 13.7. The second kappa shape index (κ2) is 3.57. The van der Waals surface area contributed by atoms with Crippen LogP contribution >= 0.6 is 22.6 Å². The van der Waals surface area contributed by atoms with E-state index in [2.05, 4.69) is 11.9 Å². The van der Waals surface area contributed by atoms with Gasteiger partial charge in [-0.3, -0.25) is 0 Å². The van der Waals surface area contributed by atoms with E-state index >= 15 is 0 Å². The second-order valence-electron chi connectivity index (χ2n) is 4.91. The molecule has 0 spiro atoms. The third kappa shape index (κ3) is 1.55. The maximum Gasteiger partial charge on any atom is 0.201 e. The zero-order valence-electron chi connectivity index (χ0n) is 9.50. The molecule has 1 aromatic carbocycles. The molecule has 1 aliphatic rings. The van der Waals surface area contributed by atoms with Crippen molar-refractivity contribution < 1.29 is 4.39 Å². The molecule has 3 nitrogen and oxygen atoms in total. The lowest BCUT2D eigenvalue weighted by atomic mass is 9.78. The number of anilines is 1. The van der Waals surface area contributed by atoms with Crippen LogP contribution in [0.25, 0.3) is 11.0 Å². The van der Waals surface area contributed by atoms with Crippen LogP contribution in [0.15, 0.2) is 12.1 Å². The van der Waals surface area contributed by atoms with Crippen LogP contribution in [0.5, 0.6) is 0 Å². The molecule has 0 amide bonds. The number of nitrogens with two attached hydrogens (primary N) is 1. The minimum atomic E-state index is -0.206. The summed E-state index contributed by atoms with van der Waals surface area (Å²) in [4.78, 5) is 4.33. The number of benzene rings is 1. The summed E-state index contributed by atoms with van der Waals surface area (Å²) in [6.45, 7) is 2.16. The highest BCUT2D eigenvalue weighted by Gasteiger charge is 2.36. The molecule has 1 heterocycles. The van der Waals surface area contributed by atoms with Gasteiger partial charge in [-0.2, -0.15) is 0 Å². The fourth-order valence-corrected chi connectivity index (χ4v) is 3.02. The van der Waals surface area contributed by atoms with Crippen LogP contribution in [0, 0.1) is 9.39 Å².